The highest BCUT2D eigenvalue weighted by atomic mass is 35.5. The average Bonchev–Trinajstić information content (AvgIpc) is 3.10. The lowest BCUT2D eigenvalue weighted by molar-refractivity contribution is -0.145. The van der Waals surface area contributed by atoms with Gasteiger partial charge in [-0.25, -0.2) is 0 Å². The molecule has 2 bridgehead atoms. The summed E-state index contributed by atoms with van der Waals surface area (Å²) in [6, 6.07) is 13.6. The second-order valence-corrected chi connectivity index (χ2v) is 11.8. The van der Waals surface area contributed by atoms with Crippen LogP contribution in [0.2, 0.25) is 0 Å². The van der Waals surface area contributed by atoms with Gasteiger partial charge >= 0.3 is 0 Å². The molecule has 2 amide bonds. The molecule has 7 nitrogen and oxygen atoms in total. The first-order chi connectivity index (χ1) is 19.0. The van der Waals surface area contributed by atoms with E-state index < -0.39 is 5.41 Å². The lowest BCUT2D eigenvalue weighted by atomic mass is 9.51. The van der Waals surface area contributed by atoms with E-state index in [9.17, 15) is 9.59 Å². The highest BCUT2D eigenvalue weighted by molar-refractivity contribution is 6.18. The molecule has 4 aliphatic heterocycles. The maximum absolute atomic E-state index is 14.1. The number of piperidine rings is 2. The van der Waals surface area contributed by atoms with E-state index in [1.54, 1.807) is 14.2 Å². The summed E-state index contributed by atoms with van der Waals surface area (Å²) < 4.78 is 17.8. The van der Waals surface area contributed by atoms with E-state index in [4.69, 9.17) is 25.8 Å². The van der Waals surface area contributed by atoms with Crippen molar-refractivity contribution in [1.29, 1.82) is 0 Å². The molecule has 5 aliphatic rings. The number of nitrogens with zero attached hydrogens (tertiary/aromatic N) is 2. The SMILES string of the molecule is COc1cc2c(cc1OC)[C@@]1(CCCl)C3CC4C(=CCOC5CC(=O)N2C1C54)CN3C(=O)Cc1ccccc1. The summed E-state index contributed by atoms with van der Waals surface area (Å²) in [4.78, 5) is 32.1. The molecule has 2 saturated heterocycles. The van der Waals surface area contributed by atoms with Crippen LogP contribution in [0.25, 0.3) is 0 Å². The van der Waals surface area contributed by atoms with E-state index >= 15 is 0 Å². The lowest BCUT2D eigenvalue weighted by Gasteiger charge is -2.62. The number of carbonyl (C=O) groups excluding carboxylic acids is 2. The number of anilines is 1. The molecule has 0 spiro atoms. The van der Waals surface area contributed by atoms with Gasteiger partial charge in [0.1, 0.15) is 0 Å². The van der Waals surface area contributed by atoms with Crippen LogP contribution in [0.15, 0.2) is 54.1 Å². The van der Waals surface area contributed by atoms with Gasteiger partial charge in [0.15, 0.2) is 11.5 Å². The molecule has 6 atom stereocenters. The summed E-state index contributed by atoms with van der Waals surface area (Å²) in [5.74, 6) is 2.15. The number of fused-ring (bicyclic) bond motifs is 5. The summed E-state index contributed by atoms with van der Waals surface area (Å²) in [6.07, 6.45) is 4.17. The van der Waals surface area contributed by atoms with Gasteiger partial charge in [0, 0.05) is 35.9 Å². The Morgan fingerprint density at radius 1 is 1.15 bits per heavy atom. The summed E-state index contributed by atoms with van der Waals surface area (Å²) in [6.45, 7) is 1.05. The van der Waals surface area contributed by atoms with Gasteiger partial charge in [-0.15, -0.1) is 11.6 Å². The number of carbonyl (C=O) groups is 2. The predicted molar refractivity (Wildman–Crippen MR) is 148 cm³/mol. The standard InChI is InChI=1S/C31H33ClN2O5/c1-37-23-14-21-22(15-24(23)38-2)34-28(36)16-25-29-20-13-26(31(21,9-10-32)30(29)34)33(17-19(20)8-11-39-25)27(35)12-18-6-4-3-5-7-18/h3-8,14-15,20,25-26,29-30H,9-13,16-17H2,1-2H3/t20?,25?,26?,29?,30?,31-/m0/s1. The van der Waals surface area contributed by atoms with Crippen molar-refractivity contribution < 1.29 is 23.8 Å². The second-order valence-electron chi connectivity index (χ2n) is 11.4. The first-order valence-electron chi connectivity index (χ1n) is 13.8. The molecule has 4 heterocycles. The van der Waals surface area contributed by atoms with Crippen molar-refractivity contribution in [2.24, 2.45) is 11.8 Å². The number of amides is 2. The maximum atomic E-state index is 14.1. The van der Waals surface area contributed by atoms with Gasteiger partial charge in [0.25, 0.3) is 0 Å². The molecule has 3 fully saturated rings. The minimum Gasteiger partial charge on any atom is -0.493 e. The van der Waals surface area contributed by atoms with Crippen LogP contribution in [0.3, 0.4) is 0 Å². The normalized spacial score (nSPS) is 31.8. The maximum Gasteiger partial charge on any atom is 0.229 e. The van der Waals surface area contributed by atoms with Crippen LogP contribution in [0.4, 0.5) is 5.69 Å². The number of methoxy groups -OCH3 is 2. The number of rotatable bonds is 6. The van der Waals surface area contributed by atoms with E-state index in [0.29, 0.717) is 49.8 Å². The van der Waals surface area contributed by atoms with Crippen LogP contribution < -0.4 is 14.4 Å². The van der Waals surface area contributed by atoms with Gasteiger partial charge in [0.2, 0.25) is 11.8 Å². The predicted octanol–water partition coefficient (Wildman–Crippen LogP) is 4.10. The molecule has 204 valence electrons. The van der Waals surface area contributed by atoms with Crippen molar-refractivity contribution in [3.8, 4) is 11.5 Å². The Hall–Kier alpha value is -3.03. The van der Waals surface area contributed by atoms with Crippen LogP contribution in [0.1, 0.15) is 30.4 Å². The highest BCUT2D eigenvalue weighted by Crippen LogP contribution is 2.64. The fourth-order valence-corrected chi connectivity index (χ4v) is 8.80. The number of halogens is 1. The zero-order chi connectivity index (χ0) is 26.9. The Balaban J connectivity index is 1.44. The molecule has 7 rings (SSSR count). The van der Waals surface area contributed by atoms with Crippen LogP contribution in [0.5, 0.6) is 11.5 Å². The van der Waals surface area contributed by atoms with Gasteiger partial charge in [0.05, 0.1) is 51.5 Å². The molecule has 1 saturated carbocycles. The Morgan fingerprint density at radius 2 is 1.92 bits per heavy atom. The van der Waals surface area contributed by atoms with Gasteiger partial charge in [-0.3, -0.25) is 9.59 Å². The Kier molecular flexibility index (Phi) is 5.94. The largest absolute Gasteiger partial charge is 0.493 e. The zero-order valence-electron chi connectivity index (χ0n) is 22.3. The van der Waals surface area contributed by atoms with Crippen molar-refractivity contribution in [3.05, 3.63) is 65.2 Å². The fourth-order valence-electron chi connectivity index (χ4n) is 8.49. The van der Waals surface area contributed by atoms with Gasteiger partial charge < -0.3 is 24.0 Å². The van der Waals surface area contributed by atoms with Crippen molar-refractivity contribution >= 4 is 29.1 Å². The van der Waals surface area contributed by atoms with Crippen LogP contribution in [-0.4, -0.2) is 68.2 Å². The minimum absolute atomic E-state index is 0.0525. The van der Waals surface area contributed by atoms with Crippen LogP contribution in [-0.2, 0) is 26.2 Å². The van der Waals surface area contributed by atoms with E-state index in [2.05, 4.69) is 11.0 Å². The second kappa shape index (κ2) is 9.27. The quantitative estimate of drug-likeness (QED) is 0.401. The summed E-state index contributed by atoms with van der Waals surface area (Å²) in [7, 11) is 3.24. The molecule has 39 heavy (non-hydrogen) atoms. The number of hydrogen-bond acceptors (Lipinski definition) is 5. The first-order valence-corrected chi connectivity index (χ1v) is 14.3. The van der Waals surface area contributed by atoms with E-state index in [-0.39, 0.29) is 41.8 Å². The van der Waals surface area contributed by atoms with Crippen molar-refractivity contribution in [2.45, 2.75) is 49.3 Å². The molecular formula is C31H33ClN2O5. The van der Waals surface area contributed by atoms with Crippen molar-refractivity contribution in [3.63, 3.8) is 0 Å². The first kappa shape index (κ1) is 25.0. The lowest BCUT2D eigenvalue weighted by Crippen LogP contribution is -2.72. The Labute approximate surface area is 233 Å². The van der Waals surface area contributed by atoms with Crippen molar-refractivity contribution in [2.75, 3.05) is 38.2 Å². The summed E-state index contributed by atoms with van der Waals surface area (Å²) in [5.41, 5.74) is 3.59. The summed E-state index contributed by atoms with van der Waals surface area (Å²) in [5, 5.41) is 0. The molecule has 0 N–H and O–H groups in total. The van der Waals surface area contributed by atoms with E-state index in [0.717, 1.165) is 23.2 Å². The molecule has 8 heteroatoms. The molecule has 2 aromatic rings. The number of likely N-dealkylation sites (tertiary alicyclic amines) is 1. The minimum atomic E-state index is -0.544. The van der Waals surface area contributed by atoms with E-state index in [1.807, 2.05) is 47.4 Å². The summed E-state index contributed by atoms with van der Waals surface area (Å²) >= 11 is 6.63. The zero-order valence-corrected chi connectivity index (χ0v) is 23.0. The van der Waals surface area contributed by atoms with Crippen molar-refractivity contribution in [1.82, 2.24) is 4.90 Å². The monoisotopic (exact) mass is 548 g/mol. The fraction of sp³-hybridized carbons (Fsp3) is 0.484. The molecule has 5 unspecified atom stereocenters. The molecule has 0 radical (unpaired) electrons. The number of alkyl halides is 1. The number of hydrogen-bond donors (Lipinski definition) is 0. The van der Waals surface area contributed by atoms with Crippen LogP contribution >= 0.6 is 11.6 Å². The molecule has 1 aliphatic carbocycles. The Bertz CT molecular complexity index is 1360. The molecule has 0 aromatic heterocycles. The smallest absolute Gasteiger partial charge is 0.229 e. The highest BCUT2D eigenvalue weighted by Gasteiger charge is 2.69. The number of benzene rings is 2. The van der Waals surface area contributed by atoms with Gasteiger partial charge in [-0.2, -0.15) is 0 Å². The third-order valence-corrected chi connectivity index (χ3v) is 10.1. The Morgan fingerprint density at radius 3 is 2.67 bits per heavy atom. The average molecular weight is 549 g/mol. The third kappa shape index (κ3) is 3.45. The van der Waals surface area contributed by atoms with Gasteiger partial charge in [-0.05, 0) is 41.5 Å². The topological polar surface area (TPSA) is 68.3 Å². The molecule has 2 aromatic carbocycles. The molecular weight excluding hydrogens is 516 g/mol. The van der Waals surface area contributed by atoms with Gasteiger partial charge in [-0.1, -0.05) is 36.4 Å². The third-order valence-electron chi connectivity index (χ3n) is 9.93. The number of ether oxygens (including phenoxy) is 3. The van der Waals surface area contributed by atoms with Crippen LogP contribution in [0, 0.1) is 11.8 Å². The van der Waals surface area contributed by atoms with E-state index in [1.165, 1.54) is 5.57 Å².